The molecule has 4 nitrogen and oxygen atoms in total. The lowest BCUT2D eigenvalue weighted by Gasteiger charge is -2.38. The van der Waals surface area contributed by atoms with Gasteiger partial charge in [0.15, 0.2) is 9.84 Å². The number of hydrogen-bond acceptors (Lipinski definition) is 4. The number of sulfone groups is 1. The topological polar surface area (TPSA) is 49.4 Å². The number of nitrogens with zero attached hydrogens (tertiary/aromatic N) is 1. The van der Waals surface area contributed by atoms with Crippen LogP contribution < -0.4 is 5.32 Å². The maximum absolute atomic E-state index is 11.5. The monoisotopic (exact) mass is 260 g/mol. The van der Waals surface area contributed by atoms with Gasteiger partial charge in [-0.3, -0.25) is 4.90 Å². The fourth-order valence-corrected chi connectivity index (χ4v) is 4.57. The quantitative estimate of drug-likeness (QED) is 0.785. The van der Waals surface area contributed by atoms with E-state index in [9.17, 15) is 8.42 Å². The summed E-state index contributed by atoms with van der Waals surface area (Å²) in [5, 5.41) is 3.55. The highest BCUT2D eigenvalue weighted by atomic mass is 32.2. The van der Waals surface area contributed by atoms with Crippen LogP contribution in [-0.4, -0.2) is 56.5 Å². The zero-order valence-corrected chi connectivity index (χ0v) is 11.7. The van der Waals surface area contributed by atoms with Crippen LogP contribution in [0.3, 0.4) is 0 Å². The van der Waals surface area contributed by atoms with Crippen molar-refractivity contribution >= 4 is 9.84 Å². The van der Waals surface area contributed by atoms with Gasteiger partial charge >= 0.3 is 0 Å². The second-order valence-corrected chi connectivity index (χ2v) is 7.97. The van der Waals surface area contributed by atoms with E-state index in [1.165, 1.54) is 12.8 Å². The van der Waals surface area contributed by atoms with Gasteiger partial charge in [0, 0.05) is 25.2 Å². The summed E-state index contributed by atoms with van der Waals surface area (Å²) < 4.78 is 23.0. The Morgan fingerprint density at radius 1 is 1.35 bits per heavy atom. The Hall–Kier alpha value is -0.130. The highest BCUT2D eigenvalue weighted by molar-refractivity contribution is 7.91. The Morgan fingerprint density at radius 2 is 2.12 bits per heavy atom. The summed E-state index contributed by atoms with van der Waals surface area (Å²) >= 11 is 0. The molecule has 1 N–H and O–H groups in total. The second-order valence-electron chi connectivity index (χ2n) is 5.74. The maximum Gasteiger partial charge on any atom is 0.153 e. The fraction of sp³-hybridized carbons (Fsp3) is 1.00. The summed E-state index contributed by atoms with van der Waals surface area (Å²) in [6.45, 7) is 7.14. The zero-order chi connectivity index (χ0) is 12.5. The molecule has 5 heteroatoms. The van der Waals surface area contributed by atoms with Crippen molar-refractivity contribution in [2.24, 2.45) is 5.92 Å². The first kappa shape index (κ1) is 13.3. The molecule has 0 aromatic carbocycles. The molecule has 0 aromatic rings. The first-order valence-corrected chi connectivity index (χ1v) is 8.46. The van der Waals surface area contributed by atoms with Gasteiger partial charge in [-0.15, -0.1) is 0 Å². The summed E-state index contributed by atoms with van der Waals surface area (Å²) in [5.74, 6) is 1.46. The smallest absolute Gasteiger partial charge is 0.153 e. The van der Waals surface area contributed by atoms with Gasteiger partial charge < -0.3 is 5.32 Å². The molecule has 2 fully saturated rings. The normalized spacial score (nSPS) is 39.1. The van der Waals surface area contributed by atoms with Gasteiger partial charge in [0.05, 0.1) is 11.5 Å². The molecule has 0 amide bonds. The Labute approximate surface area is 105 Å². The molecule has 0 saturated carbocycles. The molecular formula is C12H24N2O2S. The van der Waals surface area contributed by atoms with Crippen LogP contribution >= 0.6 is 0 Å². The van der Waals surface area contributed by atoms with Crippen LogP contribution in [0.25, 0.3) is 0 Å². The summed E-state index contributed by atoms with van der Waals surface area (Å²) in [5.41, 5.74) is 0. The van der Waals surface area contributed by atoms with E-state index in [1.807, 2.05) is 6.92 Å². The van der Waals surface area contributed by atoms with Crippen molar-refractivity contribution in [3.05, 3.63) is 0 Å². The lowest BCUT2D eigenvalue weighted by molar-refractivity contribution is 0.176. The van der Waals surface area contributed by atoms with E-state index in [0.29, 0.717) is 24.1 Å². The van der Waals surface area contributed by atoms with Crippen LogP contribution in [0.4, 0.5) is 0 Å². The van der Waals surface area contributed by atoms with Gasteiger partial charge in [0.1, 0.15) is 0 Å². The van der Waals surface area contributed by atoms with Crippen molar-refractivity contribution in [3.8, 4) is 0 Å². The van der Waals surface area contributed by atoms with Crippen molar-refractivity contribution in [2.75, 3.05) is 31.1 Å². The molecule has 100 valence electrons. The summed E-state index contributed by atoms with van der Waals surface area (Å²) in [6, 6.07) is 0.717. The van der Waals surface area contributed by atoms with Gasteiger partial charge in [-0.1, -0.05) is 6.92 Å². The van der Waals surface area contributed by atoms with Crippen molar-refractivity contribution in [3.63, 3.8) is 0 Å². The lowest BCUT2D eigenvalue weighted by Crippen LogP contribution is -2.53. The highest BCUT2D eigenvalue weighted by Crippen LogP contribution is 2.18. The fourth-order valence-electron chi connectivity index (χ4n) is 2.95. The molecule has 0 spiro atoms. The van der Waals surface area contributed by atoms with Crippen molar-refractivity contribution in [1.29, 1.82) is 0 Å². The predicted octanol–water partition coefficient (Wildman–Crippen LogP) is 0.493. The number of hydrogen-bond donors (Lipinski definition) is 1. The first-order chi connectivity index (χ1) is 7.96. The Balaban J connectivity index is 1.87. The van der Waals surface area contributed by atoms with Gasteiger partial charge in [-0.2, -0.15) is 0 Å². The minimum atomic E-state index is -2.78. The van der Waals surface area contributed by atoms with E-state index in [1.54, 1.807) is 0 Å². The minimum absolute atomic E-state index is 0.174. The third kappa shape index (κ3) is 3.66. The van der Waals surface area contributed by atoms with Gasteiger partial charge in [0.25, 0.3) is 0 Å². The van der Waals surface area contributed by atoms with Crippen molar-refractivity contribution < 1.29 is 8.42 Å². The largest absolute Gasteiger partial charge is 0.313 e. The van der Waals surface area contributed by atoms with Gasteiger partial charge in [-0.25, -0.2) is 8.42 Å². The molecule has 2 rings (SSSR count). The molecule has 0 bridgehead atoms. The molecule has 17 heavy (non-hydrogen) atoms. The molecule has 0 radical (unpaired) electrons. The first-order valence-electron chi connectivity index (χ1n) is 6.64. The van der Waals surface area contributed by atoms with Crippen LogP contribution in [0.15, 0.2) is 0 Å². The van der Waals surface area contributed by atoms with E-state index in [0.717, 1.165) is 19.0 Å². The van der Waals surface area contributed by atoms with Crippen molar-refractivity contribution in [2.45, 2.75) is 38.8 Å². The van der Waals surface area contributed by atoms with E-state index in [-0.39, 0.29) is 6.04 Å². The predicted molar refractivity (Wildman–Crippen MR) is 69.9 cm³/mol. The van der Waals surface area contributed by atoms with Gasteiger partial charge in [0.2, 0.25) is 0 Å². The number of piperidine rings is 1. The van der Waals surface area contributed by atoms with Crippen molar-refractivity contribution in [1.82, 2.24) is 10.2 Å². The molecular weight excluding hydrogens is 236 g/mol. The highest BCUT2D eigenvalue weighted by Gasteiger charge is 2.30. The molecule has 3 unspecified atom stereocenters. The zero-order valence-electron chi connectivity index (χ0n) is 10.9. The maximum atomic E-state index is 11.5. The van der Waals surface area contributed by atoms with E-state index < -0.39 is 9.84 Å². The second kappa shape index (κ2) is 5.24. The number of nitrogens with one attached hydrogen (secondary N) is 1. The van der Waals surface area contributed by atoms with E-state index >= 15 is 0 Å². The Bertz CT molecular complexity index is 356. The van der Waals surface area contributed by atoms with E-state index in [2.05, 4.69) is 17.1 Å². The van der Waals surface area contributed by atoms with Crippen LogP contribution in [0.5, 0.6) is 0 Å². The van der Waals surface area contributed by atoms with Crippen LogP contribution in [0.2, 0.25) is 0 Å². The molecule has 0 aliphatic carbocycles. The summed E-state index contributed by atoms with van der Waals surface area (Å²) in [7, 11) is -2.78. The van der Waals surface area contributed by atoms with Crippen LogP contribution in [0, 0.1) is 5.92 Å². The average Bonchev–Trinajstić information content (AvgIpc) is 2.22. The molecule has 2 saturated heterocycles. The third-order valence-electron chi connectivity index (χ3n) is 4.02. The SMILES string of the molecule is CC1CCNC(CN2CCS(=O)(=O)CC2C)C1. The molecule has 2 aliphatic heterocycles. The molecule has 3 atom stereocenters. The average molecular weight is 260 g/mol. The van der Waals surface area contributed by atoms with Gasteiger partial charge in [-0.05, 0) is 32.2 Å². The summed E-state index contributed by atoms with van der Waals surface area (Å²) in [4.78, 5) is 2.33. The third-order valence-corrected chi connectivity index (χ3v) is 5.81. The van der Waals surface area contributed by atoms with E-state index in [4.69, 9.17) is 0 Å². The summed E-state index contributed by atoms with van der Waals surface area (Å²) in [6.07, 6.45) is 2.48. The standard InChI is InChI=1S/C12H24N2O2S/c1-10-3-4-13-12(7-10)8-14-5-6-17(15,16)9-11(14)2/h10-13H,3-9H2,1-2H3. The molecule has 0 aromatic heterocycles. The minimum Gasteiger partial charge on any atom is -0.313 e. The number of rotatable bonds is 2. The molecule has 2 heterocycles. The Kier molecular flexibility index (Phi) is 4.10. The van der Waals surface area contributed by atoms with Crippen LogP contribution in [0.1, 0.15) is 26.7 Å². The Morgan fingerprint density at radius 3 is 2.76 bits per heavy atom. The lowest BCUT2D eigenvalue weighted by atomic mass is 9.94. The van der Waals surface area contributed by atoms with Crippen LogP contribution in [-0.2, 0) is 9.84 Å². The molecule has 2 aliphatic rings.